The fourth-order valence-corrected chi connectivity index (χ4v) is 1.57. The Morgan fingerprint density at radius 2 is 1.26 bits per heavy atom. The first kappa shape index (κ1) is 13.0. The molecule has 0 unspecified atom stereocenters. The molecule has 0 aromatic heterocycles. The maximum atomic E-state index is 7.54. The Kier molecular flexibility index (Phi) is 4.03. The van der Waals surface area contributed by atoms with E-state index in [0.717, 1.165) is 11.5 Å². The molecule has 1 N–H and O–H groups in total. The lowest BCUT2D eigenvalue weighted by atomic mass is 10.2. The van der Waals surface area contributed by atoms with Crippen molar-refractivity contribution >= 4 is 5.90 Å². The maximum Gasteiger partial charge on any atom is 0.212 e. The van der Waals surface area contributed by atoms with Crippen LogP contribution >= 0.6 is 0 Å². The molecule has 2 rings (SSSR count). The van der Waals surface area contributed by atoms with Gasteiger partial charge in [-0.1, -0.05) is 0 Å². The largest absolute Gasteiger partial charge is 0.497 e. The third kappa shape index (κ3) is 3.25. The quantitative estimate of drug-likeness (QED) is 0.674. The van der Waals surface area contributed by atoms with Crippen molar-refractivity contribution in [2.24, 2.45) is 0 Å². The minimum Gasteiger partial charge on any atom is -0.497 e. The van der Waals surface area contributed by atoms with Gasteiger partial charge in [-0.3, -0.25) is 5.41 Å². The number of nitrogens with one attached hydrogen (secondary N) is 1. The van der Waals surface area contributed by atoms with Crippen LogP contribution in [0.25, 0.3) is 0 Å². The molecule has 0 radical (unpaired) electrons. The van der Waals surface area contributed by atoms with E-state index in [9.17, 15) is 0 Å². The van der Waals surface area contributed by atoms with E-state index in [2.05, 4.69) is 0 Å². The lowest BCUT2D eigenvalue weighted by Crippen LogP contribution is -2.00. The van der Waals surface area contributed by atoms with Crippen LogP contribution in [0.5, 0.6) is 17.2 Å². The van der Waals surface area contributed by atoms with Gasteiger partial charge in [0.2, 0.25) is 5.90 Å². The number of methoxy groups -OCH3 is 2. The van der Waals surface area contributed by atoms with E-state index < -0.39 is 0 Å². The zero-order valence-electron chi connectivity index (χ0n) is 10.8. The van der Waals surface area contributed by atoms with Gasteiger partial charge in [0.15, 0.2) is 0 Å². The summed E-state index contributed by atoms with van der Waals surface area (Å²) in [6.07, 6.45) is 0. The van der Waals surface area contributed by atoms with Gasteiger partial charge >= 0.3 is 0 Å². The molecule has 0 aliphatic carbocycles. The Morgan fingerprint density at radius 1 is 0.789 bits per heavy atom. The Labute approximate surface area is 112 Å². The van der Waals surface area contributed by atoms with Crippen LogP contribution in [0.2, 0.25) is 0 Å². The molecule has 0 spiro atoms. The minimum absolute atomic E-state index is 0.135. The number of hydrogen-bond donors (Lipinski definition) is 1. The average Bonchev–Trinajstić information content (AvgIpc) is 2.48. The molecule has 19 heavy (non-hydrogen) atoms. The fraction of sp³-hybridized carbons (Fsp3) is 0.133. The van der Waals surface area contributed by atoms with Gasteiger partial charge in [0, 0.05) is 5.56 Å². The first-order valence-corrected chi connectivity index (χ1v) is 5.78. The number of hydrogen-bond acceptors (Lipinski definition) is 4. The number of rotatable bonds is 4. The van der Waals surface area contributed by atoms with Crippen molar-refractivity contribution in [2.75, 3.05) is 14.2 Å². The van der Waals surface area contributed by atoms with Gasteiger partial charge in [0.1, 0.15) is 17.2 Å². The Morgan fingerprint density at radius 3 is 1.74 bits per heavy atom. The topological polar surface area (TPSA) is 51.5 Å². The van der Waals surface area contributed by atoms with E-state index in [-0.39, 0.29) is 5.90 Å². The monoisotopic (exact) mass is 257 g/mol. The van der Waals surface area contributed by atoms with Gasteiger partial charge in [0.25, 0.3) is 0 Å². The van der Waals surface area contributed by atoms with Crippen LogP contribution in [-0.2, 0) is 4.74 Å². The van der Waals surface area contributed by atoms with E-state index in [4.69, 9.17) is 19.6 Å². The predicted molar refractivity (Wildman–Crippen MR) is 73.3 cm³/mol. The molecule has 0 atom stereocenters. The zero-order valence-corrected chi connectivity index (χ0v) is 10.8. The van der Waals surface area contributed by atoms with Gasteiger partial charge in [-0.2, -0.15) is 0 Å². The van der Waals surface area contributed by atoms with Crippen molar-refractivity contribution in [3.63, 3.8) is 0 Å². The lowest BCUT2D eigenvalue weighted by molar-refractivity contribution is 0.401. The van der Waals surface area contributed by atoms with Crippen molar-refractivity contribution in [3.05, 3.63) is 54.1 Å². The van der Waals surface area contributed by atoms with Gasteiger partial charge in [-0.05, 0) is 48.5 Å². The molecule has 98 valence electrons. The van der Waals surface area contributed by atoms with Crippen molar-refractivity contribution in [3.8, 4) is 17.2 Å². The first-order chi connectivity index (χ1) is 9.22. The van der Waals surface area contributed by atoms with Crippen molar-refractivity contribution in [1.82, 2.24) is 0 Å². The molecule has 4 nitrogen and oxygen atoms in total. The molecular weight excluding hydrogens is 242 g/mol. The van der Waals surface area contributed by atoms with Crippen molar-refractivity contribution in [1.29, 1.82) is 5.41 Å². The molecule has 0 heterocycles. The van der Waals surface area contributed by atoms with Crippen molar-refractivity contribution < 1.29 is 14.2 Å². The molecule has 0 bridgehead atoms. The molecule has 2 aromatic rings. The van der Waals surface area contributed by atoms with E-state index in [0.29, 0.717) is 11.3 Å². The summed E-state index contributed by atoms with van der Waals surface area (Å²) in [6, 6.07) is 14.5. The van der Waals surface area contributed by atoms with Gasteiger partial charge in [0.05, 0.1) is 14.2 Å². The van der Waals surface area contributed by atoms with Crippen LogP contribution in [0, 0.1) is 5.41 Å². The SMILES string of the molecule is COC(=N)c1ccc(Oc2ccc(OC)cc2)cc1. The van der Waals surface area contributed by atoms with Crippen LogP contribution in [0.3, 0.4) is 0 Å². The van der Waals surface area contributed by atoms with Crippen molar-refractivity contribution in [2.45, 2.75) is 0 Å². The Bertz CT molecular complexity index is 547. The average molecular weight is 257 g/mol. The summed E-state index contributed by atoms with van der Waals surface area (Å²) < 4.78 is 15.6. The highest BCUT2D eigenvalue weighted by atomic mass is 16.5. The smallest absolute Gasteiger partial charge is 0.212 e. The summed E-state index contributed by atoms with van der Waals surface area (Å²) in [4.78, 5) is 0. The highest BCUT2D eigenvalue weighted by Gasteiger charge is 2.02. The molecule has 2 aromatic carbocycles. The molecule has 4 heteroatoms. The fourth-order valence-electron chi connectivity index (χ4n) is 1.57. The molecule has 0 amide bonds. The summed E-state index contributed by atoms with van der Waals surface area (Å²) in [6.45, 7) is 0. The first-order valence-electron chi connectivity index (χ1n) is 5.78. The maximum absolute atomic E-state index is 7.54. The molecular formula is C15H15NO3. The van der Waals surface area contributed by atoms with Crippen LogP contribution in [0.4, 0.5) is 0 Å². The van der Waals surface area contributed by atoms with Crippen LogP contribution in [-0.4, -0.2) is 20.1 Å². The zero-order chi connectivity index (χ0) is 13.7. The second-order valence-corrected chi connectivity index (χ2v) is 3.84. The predicted octanol–water partition coefficient (Wildman–Crippen LogP) is 3.46. The molecule has 0 aliphatic rings. The second kappa shape index (κ2) is 5.91. The summed E-state index contributed by atoms with van der Waals surface area (Å²) in [5, 5.41) is 7.54. The normalized spacial score (nSPS) is 9.79. The third-order valence-corrected chi connectivity index (χ3v) is 2.62. The van der Waals surface area contributed by atoms with Gasteiger partial charge < -0.3 is 14.2 Å². The highest BCUT2D eigenvalue weighted by molar-refractivity contribution is 5.91. The number of benzene rings is 2. The summed E-state index contributed by atoms with van der Waals surface area (Å²) in [5.74, 6) is 2.36. The third-order valence-electron chi connectivity index (χ3n) is 2.62. The lowest BCUT2D eigenvalue weighted by Gasteiger charge is -2.07. The van der Waals surface area contributed by atoms with Crippen LogP contribution in [0.1, 0.15) is 5.56 Å². The van der Waals surface area contributed by atoms with Crippen LogP contribution in [0.15, 0.2) is 48.5 Å². The Balaban J connectivity index is 2.08. The standard InChI is InChI=1S/C15H15NO3/c1-17-12-7-9-14(10-8-12)19-13-5-3-11(4-6-13)15(16)18-2/h3-10,16H,1-2H3. The number of ether oxygens (including phenoxy) is 3. The van der Waals surface area contributed by atoms with Gasteiger partial charge in [-0.15, -0.1) is 0 Å². The summed E-state index contributed by atoms with van der Waals surface area (Å²) in [5.41, 5.74) is 0.713. The summed E-state index contributed by atoms with van der Waals surface area (Å²) >= 11 is 0. The van der Waals surface area contributed by atoms with Gasteiger partial charge in [-0.25, -0.2) is 0 Å². The molecule has 0 aliphatic heterocycles. The molecule has 0 saturated heterocycles. The highest BCUT2D eigenvalue weighted by Crippen LogP contribution is 2.24. The van der Waals surface area contributed by atoms with E-state index in [1.165, 1.54) is 7.11 Å². The summed E-state index contributed by atoms with van der Waals surface area (Å²) in [7, 11) is 3.10. The molecule has 0 fully saturated rings. The van der Waals surface area contributed by atoms with E-state index in [1.54, 1.807) is 31.4 Å². The minimum atomic E-state index is 0.135. The van der Waals surface area contributed by atoms with Crippen LogP contribution < -0.4 is 9.47 Å². The van der Waals surface area contributed by atoms with E-state index >= 15 is 0 Å². The van der Waals surface area contributed by atoms with E-state index in [1.807, 2.05) is 24.3 Å². The second-order valence-electron chi connectivity index (χ2n) is 3.84. The molecule has 0 saturated carbocycles. The Hall–Kier alpha value is -2.49.